The largest absolute Gasteiger partial charge is 0.307 e. The van der Waals surface area contributed by atoms with E-state index in [1.54, 1.807) is 12.3 Å². The van der Waals surface area contributed by atoms with Crippen LogP contribution >= 0.6 is 0 Å². The van der Waals surface area contributed by atoms with E-state index in [1.165, 1.54) is 0 Å². The molecule has 1 saturated heterocycles. The van der Waals surface area contributed by atoms with Gasteiger partial charge in [-0.05, 0) is 18.6 Å². The molecule has 66 valence electrons. The molecule has 13 heavy (non-hydrogen) atoms. The summed E-state index contributed by atoms with van der Waals surface area (Å²) in [5.74, 6) is 0. The van der Waals surface area contributed by atoms with Gasteiger partial charge in [-0.2, -0.15) is 5.26 Å². The van der Waals surface area contributed by atoms with Crippen molar-refractivity contribution >= 4 is 5.69 Å². The van der Waals surface area contributed by atoms with Crippen LogP contribution in [0.2, 0.25) is 0 Å². The van der Waals surface area contributed by atoms with Gasteiger partial charge in [-0.3, -0.25) is 0 Å². The average molecular weight is 174 g/mol. The number of nitriles is 1. The van der Waals surface area contributed by atoms with E-state index in [2.05, 4.69) is 10.4 Å². The van der Waals surface area contributed by atoms with E-state index in [1.807, 2.05) is 17.1 Å². The molecule has 1 aliphatic rings. The summed E-state index contributed by atoms with van der Waals surface area (Å²) in [6, 6.07) is 5.63. The third-order valence-corrected chi connectivity index (χ3v) is 2.04. The molecule has 1 aromatic heterocycles. The lowest BCUT2D eigenvalue weighted by molar-refractivity contribution is 0.785. The van der Waals surface area contributed by atoms with E-state index >= 15 is 0 Å². The lowest BCUT2D eigenvalue weighted by atomic mass is 10.3. The van der Waals surface area contributed by atoms with Crippen LogP contribution in [-0.2, 0) is 0 Å². The number of pyridine rings is 1. The number of nitrogens with one attached hydrogen (secondary N) is 1. The van der Waals surface area contributed by atoms with E-state index in [9.17, 15) is 0 Å². The van der Waals surface area contributed by atoms with Gasteiger partial charge in [-0.25, -0.2) is 10.4 Å². The maximum Gasteiger partial charge on any atom is 0.140 e. The second kappa shape index (κ2) is 3.42. The van der Waals surface area contributed by atoms with Crippen LogP contribution in [-0.4, -0.2) is 18.1 Å². The van der Waals surface area contributed by atoms with Crippen molar-refractivity contribution in [1.29, 1.82) is 5.26 Å². The van der Waals surface area contributed by atoms with Gasteiger partial charge in [0.1, 0.15) is 11.8 Å². The quantitative estimate of drug-likeness (QED) is 0.679. The highest BCUT2D eigenvalue weighted by molar-refractivity contribution is 5.45. The van der Waals surface area contributed by atoms with E-state index in [0.717, 1.165) is 25.2 Å². The predicted molar refractivity (Wildman–Crippen MR) is 48.9 cm³/mol. The van der Waals surface area contributed by atoms with Crippen LogP contribution in [0.1, 0.15) is 12.1 Å². The highest BCUT2D eigenvalue weighted by Gasteiger charge is 2.11. The van der Waals surface area contributed by atoms with Gasteiger partial charge in [0, 0.05) is 13.1 Å². The maximum absolute atomic E-state index is 8.55. The minimum atomic E-state index is 0.461. The van der Waals surface area contributed by atoms with E-state index in [-0.39, 0.29) is 0 Å². The third-order valence-electron chi connectivity index (χ3n) is 2.04. The minimum Gasteiger partial charge on any atom is -0.307 e. The standard InChI is InChI=1S/C9H10N4/c10-6-8-2-3-9(7-11-8)13-5-1-4-12-13/h2-3,7,12H,1,4-5H2. The first kappa shape index (κ1) is 8.02. The Morgan fingerprint density at radius 2 is 2.46 bits per heavy atom. The van der Waals surface area contributed by atoms with Crippen molar-refractivity contribution in [3.05, 3.63) is 24.0 Å². The van der Waals surface area contributed by atoms with Gasteiger partial charge in [0.2, 0.25) is 0 Å². The summed E-state index contributed by atoms with van der Waals surface area (Å²) in [4.78, 5) is 4.00. The number of nitrogens with zero attached hydrogens (tertiary/aromatic N) is 3. The van der Waals surface area contributed by atoms with Gasteiger partial charge in [-0.1, -0.05) is 0 Å². The first-order valence-electron chi connectivity index (χ1n) is 4.27. The Morgan fingerprint density at radius 1 is 1.54 bits per heavy atom. The van der Waals surface area contributed by atoms with Crippen LogP contribution in [0.15, 0.2) is 18.3 Å². The molecule has 4 heteroatoms. The van der Waals surface area contributed by atoms with Crippen molar-refractivity contribution in [2.45, 2.75) is 6.42 Å². The zero-order valence-electron chi connectivity index (χ0n) is 7.20. The Bertz CT molecular complexity index is 318. The first-order valence-corrected chi connectivity index (χ1v) is 4.27. The number of hydrazine groups is 1. The second-order valence-corrected chi connectivity index (χ2v) is 2.93. The van der Waals surface area contributed by atoms with Crippen molar-refractivity contribution in [1.82, 2.24) is 10.4 Å². The summed E-state index contributed by atoms with van der Waals surface area (Å²) < 4.78 is 0. The van der Waals surface area contributed by atoms with Crippen molar-refractivity contribution in [3.8, 4) is 6.07 Å². The number of anilines is 1. The van der Waals surface area contributed by atoms with Gasteiger partial charge in [-0.15, -0.1) is 0 Å². The van der Waals surface area contributed by atoms with Crippen molar-refractivity contribution in [3.63, 3.8) is 0 Å². The van der Waals surface area contributed by atoms with Gasteiger partial charge in [0.05, 0.1) is 11.9 Å². The summed E-state index contributed by atoms with van der Waals surface area (Å²) in [5.41, 5.74) is 4.71. The van der Waals surface area contributed by atoms with Crippen molar-refractivity contribution in [2.75, 3.05) is 18.1 Å². The fourth-order valence-electron chi connectivity index (χ4n) is 1.36. The molecule has 0 unspecified atom stereocenters. The third kappa shape index (κ3) is 1.60. The van der Waals surface area contributed by atoms with E-state index in [4.69, 9.17) is 5.26 Å². The lowest BCUT2D eigenvalue weighted by Crippen LogP contribution is -2.30. The lowest BCUT2D eigenvalue weighted by Gasteiger charge is -2.16. The summed E-state index contributed by atoms with van der Waals surface area (Å²) in [5, 5.41) is 10.6. The Kier molecular flexibility index (Phi) is 2.11. The van der Waals surface area contributed by atoms with Crippen molar-refractivity contribution < 1.29 is 0 Å². The number of aromatic nitrogens is 1. The fourth-order valence-corrected chi connectivity index (χ4v) is 1.36. The fraction of sp³-hybridized carbons (Fsp3) is 0.333. The molecule has 0 saturated carbocycles. The zero-order chi connectivity index (χ0) is 9.10. The predicted octanol–water partition coefficient (Wildman–Crippen LogP) is 0.668. The van der Waals surface area contributed by atoms with E-state index in [0.29, 0.717) is 5.69 Å². The summed E-state index contributed by atoms with van der Waals surface area (Å²) in [6.45, 7) is 2.02. The second-order valence-electron chi connectivity index (χ2n) is 2.93. The molecule has 0 radical (unpaired) electrons. The molecule has 0 spiro atoms. The Hall–Kier alpha value is -1.60. The van der Waals surface area contributed by atoms with E-state index < -0.39 is 0 Å². The number of hydrogen-bond acceptors (Lipinski definition) is 4. The molecule has 1 aliphatic heterocycles. The monoisotopic (exact) mass is 174 g/mol. The van der Waals surface area contributed by atoms with Crippen LogP contribution in [0.3, 0.4) is 0 Å². The molecule has 0 aromatic carbocycles. The molecule has 0 atom stereocenters. The summed E-state index contributed by atoms with van der Waals surface area (Å²) in [7, 11) is 0. The highest BCUT2D eigenvalue weighted by atomic mass is 15.5. The molecule has 0 bridgehead atoms. The number of rotatable bonds is 1. The molecule has 1 fully saturated rings. The molecule has 2 rings (SSSR count). The molecular weight excluding hydrogens is 164 g/mol. The zero-order valence-corrected chi connectivity index (χ0v) is 7.20. The normalized spacial score (nSPS) is 15.8. The SMILES string of the molecule is N#Cc1ccc(N2CCCN2)cn1. The van der Waals surface area contributed by atoms with Gasteiger partial charge in [0.25, 0.3) is 0 Å². The minimum absolute atomic E-state index is 0.461. The summed E-state index contributed by atoms with van der Waals surface area (Å²) in [6.07, 6.45) is 2.87. The molecular formula is C9H10N4. The van der Waals surface area contributed by atoms with Crippen LogP contribution in [0.25, 0.3) is 0 Å². The van der Waals surface area contributed by atoms with Crippen LogP contribution in [0.5, 0.6) is 0 Å². The van der Waals surface area contributed by atoms with Crippen LogP contribution < -0.4 is 10.4 Å². The molecule has 1 aromatic rings. The van der Waals surface area contributed by atoms with Crippen molar-refractivity contribution in [2.24, 2.45) is 0 Å². The highest BCUT2D eigenvalue weighted by Crippen LogP contribution is 2.13. The molecule has 0 amide bonds. The Balaban J connectivity index is 2.18. The van der Waals surface area contributed by atoms with Gasteiger partial charge < -0.3 is 5.01 Å². The smallest absolute Gasteiger partial charge is 0.140 e. The number of hydrogen-bond donors (Lipinski definition) is 1. The van der Waals surface area contributed by atoms with Gasteiger partial charge >= 0.3 is 0 Å². The topological polar surface area (TPSA) is 52.0 Å². The molecule has 4 nitrogen and oxygen atoms in total. The first-order chi connectivity index (χ1) is 6.40. The molecule has 2 heterocycles. The van der Waals surface area contributed by atoms with Gasteiger partial charge in [0.15, 0.2) is 0 Å². The maximum atomic E-state index is 8.55. The van der Waals surface area contributed by atoms with Crippen LogP contribution in [0, 0.1) is 11.3 Å². The Morgan fingerprint density at radius 3 is 3.00 bits per heavy atom. The summed E-state index contributed by atoms with van der Waals surface area (Å²) >= 11 is 0. The molecule has 0 aliphatic carbocycles. The Labute approximate surface area is 76.8 Å². The molecule has 1 N–H and O–H groups in total. The van der Waals surface area contributed by atoms with Crippen LogP contribution in [0.4, 0.5) is 5.69 Å². The average Bonchev–Trinajstić information content (AvgIpc) is 2.71.